The van der Waals surface area contributed by atoms with Crippen molar-refractivity contribution in [1.82, 2.24) is 0 Å². The number of ketones is 1. The fourth-order valence-corrected chi connectivity index (χ4v) is 1.73. The summed E-state index contributed by atoms with van der Waals surface area (Å²) in [5, 5.41) is 8.65. The van der Waals surface area contributed by atoms with E-state index in [9.17, 15) is 18.0 Å². The predicted octanol–water partition coefficient (Wildman–Crippen LogP) is 3.62. The van der Waals surface area contributed by atoms with Crippen LogP contribution >= 0.6 is 15.9 Å². The van der Waals surface area contributed by atoms with Gasteiger partial charge in [-0.05, 0) is 18.6 Å². The number of nitrogens with zero attached hydrogens (tertiary/aromatic N) is 1. The Balaban J connectivity index is 3.34. The average Bonchev–Trinajstić information content (AvgIpc) is 2.26. The van der Waals surface area contributed by atoms with Gasteiger partial charge >= 0.3 is 6.36 Å². The fourth-order valence-electron chi connectivity index (χ4n) is 1.50. The molecule has 0 heterocycles. The maximum absolute atomic E-state index is 12.3. The first-order valence-corrected chi connectivity index (χ1v) is 6.10. The maximum Gasteiger partial charge on any atom is 0.573 e. The highest BCUT2D eigenvalue weighted by Crippen LogP contribution is 2.30. The van der Waals surface area contributed by atoms with Gasteiger partial charge in [-0.2, -0.15) is 5.26 Å². The number of ether oxygens (including phenoxy) is 1. The monoisotopic (exact) mass is 335 g/mol. The Morgan fingerprint density at radius 2 is 2.16 bits per heavy atom. The van der Waals surface area contributed by atoms with Crippen molar-refractivity contribution >= 4 is 21.7 Å². The number of carbonyl (C=O) groups excluding carboxylic acids is 1. The lowest BCUT2D eigenvalue weighted by Crippen LogP contribution is -2.21. The third kappa shape index (κ3) is 4.24. The molecule has 0 radical (unpaired) electrons. The first-order chi connectivity index (χ1) is 8.76. The lowest BCUT2D eigenvalue weighted by atomic mass is 9.99. The largest absolute Gasteiger partial charge is 0.573 e. The molecule has 0 saturated heterocycles. The van der Waals surface area contributed by atoms with E-state index in [1.54, 1.807) is 6.07 Å². The molecule has 102 valence electrons. The van der Waals surface area contributed by atoms with Crippen LogP contribution in [0.5, 0.6) is 5.75 Å². The minimum Gasteiger partial charge on any atom is -0.405 e. The number of hydrogen-bond donors (Lipinski definition) is 0. The van der Waals surface area contributed by atoms with Crippen LogP contribution in [0.15, 0.2) is 18.2 Å². The van der Waals surface area contributed by atoms with Gasteiger partial charge in [0.05, 0.1) is 22.9 Å². The zero-order valence-corrected chi connectivity index (χ0v) is 11.4. The van der Waals surface area contributed by atoms with Crippen molar-refractivity contribution in [2.45, 2.75) is 24.5 Å². The molecular formula is C12H9BrF3NO2. The zero-order chi connectivity index (χ0) is 14.6. The molecule has 3 nitrogen and oxygen atoms in total. The Morgan fingerprint density at radius 3 is 2.63 bits per heavy atom. The number of alkyl halides is 4. The fraction of sp³-hybridized carbons (Fsp3) is 0.333. The highest BCUT2D eigenvalue weighted by Gasteiger charge is 2.34. The first kappa shape index (κ1) is 15.5. The highest BCUT2D eigenvalue weighted by atomic mass is 79.9. The topological polar surface area (TPSA) is 50.1 Å². The van der Waals surface area contributed by atoms with E-state index in [-0.39, 0.29) is 17.5 Å². The smallest absolute Gasteiger partial charge is 0.405 e. The molecular weight excluding hydrogens is 327 g/mol. The van der Waals surface area contributed by atoms with Crippen molar-refractivity contribution < 1.29 is 22.7 Å². The molecule has 1 aromatic rings. The average molecular weight is 336 g/mol. The minimum atomic E-state index is -4.89. The van der Waals surface area contributed by atoms with E-state index in [0.717, 1.165) is 6.07 Å². The quantitative estimate of drug-likeness (QED) is 0.623. The molecule has 0 spiro atoms. The lowest BCUT2D eigenvalue weighted by molar-refractivity contribution is -0.274. The zero-order valence-electron chi connectivity index (χ0n) is 9.79. The minimum absolute atomic E-state index is 0.171. The Morgan fingerprint density at radius 1 is 1.53 bits per heavy atom. The number of Topliss-reactive ketones (excluding diaryl/α,β-unsaturated/α-hetero) is 1. The third-order valence-electron chi connectivity index (χ3n) is 2.22. The molecule has 0 aliphatic rings. The van der Waals surface area contributed by atoms with Crippen LogP contribution in [0.25, 0.3) is 0 Å². The highest BCUT2D eigenvalue weighted by molar-refractivity contribution is 9.10. The second kappa shape index (κ2) is 6.06. The molecule has 1 rings (SSSR count). The van der Waals surface area contributed by atoms with Gasteiger partial charge in [0.25, 0.3) is 0 Å². The third-order valence-corrected chi connectivity index (χ3v) is 2.63. The second-order valence-electron chi connectivity index (χ2n) is 3.65. The van der Waals surface area contributed by atoms with Crippen LogP contribution in [-0.2, 0) is 6.42 Å². The number of benzene rings is 1. The van der Waals surface area contributed by atoms with E-state index in [2.05, 4.69) is 20.7 Å². The summed E-state index contributed by atoms with van der Waals surface area (Å²) in [5.41, 5.74) is -0.00806. The van der Waals surface area contributed by atoms with E-state index in [1.807, 2.05) is 0 Å². The summed E-state index contributed by atoms with van der Waals surface area (Å²) in [5.74, 6) is -1.15. The lowest BCUT2D eigenvalue weighted by Gasteiger charge is -2.15. The summed E-state index contributed by atoms with van der Waals surface area (Å²) in [6.45, 7) is 1.49. The summed E-state index contributed by atoms with van der Waals surface area (Å²) in [4.78, 5) is 11.3. The van der Waals surface area contributed by atoms with Crippen molar-refractivity contribution in [3.05, 3.63) is 29.3 Å². The van der Waals surface area contributed by atoms with Gasteiger partial charge in [0.2, 0.25) is 0 Å². The maximum atomic E-state index is 12.3. The molecule has 0 saturated carbocycles. The van der Waals surface area contributed by atoms with Crippen LogP contribution in [0.3, 0.4) is 0 Å². The van der Waals surface area contributed by atoms with Crippen LogP contribution in [0.2, 0.25) is 0 Å². The van der Waals surface area contributed by atoms with Crippen LogP contribution in [0.4, 0.5) is 13.2 Å². The molecule has 1 aromatic carbocycles. The van der Waals surface area contributed by atoms with Crippen molar-refractivity contribution in [3.63, 3.8) is 0 Å². The molecule has 0 amide bonds. The molecule has 0 fully saturated rings. The number of carbonyl (C=O) groups is 1. The van der Waals surface area contributed by atoms with Gasteiger partial charge < -0.3 is 4.74 Å². The van der Waals surface area contributed by atoms with E-state index in [1.165, 1.54) is 19.1 Å². The van der Waals surface area contributed by atoms with Crippen LogP contribution in [0, 0.1) is 11.3 Å². The van der Waals surface area contributed by atoms with Crippen LogP contribution in [-0.4, -0.2) is 17.0 Å². The normalized spacial score (nSPS) is 12.6. The van der Waals surface area contributed by atoms with Gasteiger partial charge in [0.15, 0.2) is 5.78 Å². The molecule has 7 heteroatoms. The Bertz CT molecular complexity index is 521. The van der Waals surface area contributed by atoms with Crippen molar-refractivity contribution in [1.29, 1.82) is 5.26 Å². The molecule has 0 aromatic heterocycles. The van der Waals surface area contributed by atoms with Gasteiger partial charge in [0.1, 0.15) is 5.75 Å². The van der Waals surface area contributed by atoms with E-state index in [0.29, 0.717) is 0 Å². The Kier molecular flexibility index (Phi) is 4.95. The van der Waals surface area contributed by atoms with Gasteiger partial charge in [-0.15, -0.1) is 13.2 Å². The number of hydrogen-bond acceptors (Lipinski definition) is 3. The predicted molar refractivity (Wildman–Crippen MR) is 65.2 cm³/mol. The van der Waals surface area contributed by atoms with E-state index < -0.39 is 22.7 Å². The number of rotatable bonds is 4. The summed E-state index contributed by atoms with van der Waals surface area (Å²) in [6.07, 6.45) is -5.06. The standard InChI is InChI=1S/C12H9BrF3NO2/c1-7(13)11(18)10-8(5-6-17)3-2-4-9(10)19-12(14,15)16/h2-4,7H,5H2,1H3. The van der Waals surface area contributed by atoms with Crippen molar-refractivity contribution in [3.8, 4) is 11.8 Å². The number of nitriles is 1. The van der Waals surface area contributed by atoms with Gasteiger partial charge in [0, 0.05) is 0 Å². The summed E-state index contributed by atoms with van der Waals surface area (Å²) in [7, 11) is 0. The van der Waals surface area contributed by atoms with Crippen LogP contribution < -0.4 is 4.74 Å². The molecule has 0 aliphatic heterocycles. The SMILES string of the molecule is CC(Br)C(=O)c1c(CC#N)cccc1OC(F)(F)F. The molecule has 1 atom stereocenters. The Labute approximate surface area is 116 Å². The van der Waals surface area contributed by atoms with Gasteiger partial charge in [-0.25, -0.2) is 0 Å². The van der Waals surface area contributed by atoms with Crippen molar-refractivity contribution in [2.75, 3.05) is 0 Å². The molecule has 0 bridgehead atoms. The van der Waals surface area contributed by atoms with Crippen molar-refractivity contribution in [2.24, 2.45) is 0 Å². The van der Waals surface area contributed by atoms with E-state index in [4.69, 9.17) is 5.26 Å². The van der Waals surface area contributed by atoms with Gasteiger partial charge in [-0.1, -0.05) is 28.1 Å². The molecule has 1 unspecified atom stereocenters. The molecule has 0 aliphatic carbocycles. The summed E-state index contributed by atoms with van der Waals surface area (Å²) >= 11 is 3.01. The van der Waals surface area contributed by atoms with E-state index >= 15 is 0 Å². The summed E-state index contributed by atoms with van der Waals surface area (Å²) < 4.78 is 40.7. The second-order valence-corrected chi connectivity index (χ2v) is 5.03. The number of halogens is 4. The Hall–Kier alpha value is -1.55. The van der Waals surface area contributed by atoms with Gasteiger partial charge in [-0.3, -0.25) is 4.79 Å². The van der Waals surface area contributed by atoms with Crippen LogP contribution in [0.1, 0.15) is 22.8 Å². The summed E-state index contributed by atoms with van der Waals surface area (Å²) in [6, 6.07) is 5.59. The molecule has 0 N–H and O–H groups in total. The first-order valence-electron chi connectivity index (χ1n) is 5.19. The molecule has 19 heavy (non-hydrogen) atoms.